The molecule has 23 heavy (non-hydrogen) atoms. The average Bonchev–Trinajstić information content (AvgIpc) is 2.71. The van der Waals surface area contributed by atoms with Gasteiger partial charge in [0.25, 0.3) is 0 Å². The molecule has 0 aliphatic carbocycles. The fraction of sp³-hybridized carbons (Fsp3) is 0.889. The first-order valence-electron chi connectivity index (χ1n) is 8.63. The monoisotopic (exact) mass is 327 g/mol. The summed E-state index contributed by atoms with van der Waals surface area (Å²) in [6, 6.07) is -0.256. The molecule has 1 aliphatic rings. The molecule has 0 bridgehead atoms. The van der Waals surface area contributed by atoms with Crippen LogP contribution in [-0.4, -0.2) is 29.7 Å². The number of hydrogen-bond donors (Lipinski definition) is 1. The highest BCUT2D eigenvalue weighted by atomic mass is 16.6. The van der Waals surface area contributed by atoms with Crippen molar-refractivity contribution < 1.29 is 19.1 Å². The van der Waals surface area contributed by atoms with Crippen LogP contribution in [0.15, 0.2) is 0 Å². The second-order valence-corrected chi connectivity index (χ2v) is 8.37. The van der Waals surface area contributed by atoms with Crippen molar-refractivity contribution in [3.8, 4) is 0 Å². The van der Waals surface area contributed by atoms with Gasteiger partial charge in [0.2, 0.25) is 6.10 Å². The first-order valence-corrected chi connectivity index (χ1v) is 8.63. The Labute approximate surface area is 140 Å². The second-order valence-electron chi connectivity index (χ2n) is 8.37. The lowest BCUT2D eigenvalue weighted by molar-refractivity contribution is -0.172. The first kappa shape index (κ1) is 19.9. The summed E-state index contributed by atoms with van der Waals surface area (Å²) < 4.78 is 10.8. The smallest absolute Gasteiger partial charge is 0.348 e. The van der Waals surface area contributed by atoms with Crippen LogP contribution in [0, 0.1) is 23.7 Å². The van der Waals surface area contributed by atoms with Gasteiger partial charge in [-0.25, -0.2) is 4.79 Å². The van der Waals surface area contributed by atoms with E-state index in [0.29, 0.717) is 5.92 Å². The number of carbonyl (C=O) groups excluding carboxylic acids is 2. The summed E-state index contributed by atoms with van der Waals surface area (Å²) in [6.07, 6.45) is 0.829. The zero-order chi connectivity index (χ0) is 17.9. The highest BCUT2D eigenvalue weighted by Gasteiger charge is 2.52. The molecule has 4 unspecified atom stereocenters. The summed E-state index contributed by atoms with van der Waals surface area (Å²) in [5, 5.41) is 0. The van der Waals surface area contributed by atoms with Gasteiger partial charge in [0.05, 0.1) is 5.92 Å². The van der Waals surface area contributed by atoms with Gasteiger partial charge in [0.1, 0.15) is 5.60 Å². The molecule has 0 saturated carbocycles. The van der Waals surface area contributed by atoms with E-state index in [1.165, 1.54) is 0 Å². The van der Waals surface area contributed by atoms with Crippen molar-refractivity contribution in [2.75, 3.05) is 0 Å². The Bertz CT molecular complexity index is 425. The molecule has 0 aromatic heterocycles. The van der Waals surface area contributed by atoms with Crippen LogP contribution in [0.1, 0.15) is 61.3 Å². The van der Waals surface area contributed by atoms with Crippen molar-refractivity contribution in [1.82, 2.24) is 0 Å². The van der Waals surface area contributed by atoms with Crippen molar-refractivity contribution in [1.29, 1.82) is 0 Å². The van der Waals surface area contributed by atoms with Crippen LogP contribution in [0.3, 0.4) is 0 Å². The molecule has 134 valence electrons. The zero-order valence-corrected chi connectivity index (χ0v) is 15.6. The van der Waals surface area contributed by atoms with E-state index in [1.807, 2.05) is 13.8 Å². The van der Waals surface area contributed by atoms with Gasteiger partial charge in [0, 0.05) is 12.0 Å². The van der Waals surface area contributed by atoms with E-state index in [-0.39, 0.29) is 29.8 Å². The Kier molecular flexibility index (Phi) is 6.63. The fourth-order valence-electron chi connectivity index (χ4n) is 3.12. The topological polar surface area (TPSA) is 78.6 Å². The summed E-state index contributed by atoms with van der Waals surface area (Å²) in [7, 11) is 0. The van der Waals surface area contributed by atoms with E-state index in [0.717, 1.165) is 12.8 Å². The molecule has 0 amide bonds. The fourth-order valence-corrected chi connectivity index (χ4v) is 3.12. The summed E-state index contributed by atoms with van der Waals surface area (Å²) in [6.45, 7) is 13.6. The Hall–Kier alpha value is -1.10. The summed E-state index contributed by atoms with van der Waals surface area (Å²) in [4.78, 5) is 24.7. The summed E-state index contributed by atoms with van der Waals surface area (Å²) in [5.74, 6) is -0.896. The summed E-state index contributed by atoms with van der Waals surface area (Å²) >= 11 is 0. The number of nitrogens with two attached hydrogens (primary N) is 1. The molecule has 1 heterocycles. The lowest BCUT2D eigenvalue weighted by Gasteiger charge is -2.29. The number of esters is 2. The van der Waals surface area contributed by atoms with Gasteiger partial charge < -0.3 is 15.2 Å². The van der Waals surface area contributed by atoms with E-state index in [2.05, 4.69) is 13.8 Å². The third kappa shape index (κ3) is 5.48. The predicted octanol–water partition coefficient (Wildman–Crippen LogP) is 2.91. The van der Waals surface area contributed by atoms with Gasteiger partial charge in [-0.3, -0.25) is 4.79 Å². The molecule has 1 aliphatic heterocycles. The highest BCUT2D eigenvalue weighted by molar-refractivity contribution is 5.85. The maximum atomic E-state index is 12.5. The molecule has 0 spiro atoms. The number of ether oxygens (including phenoxy) is 2. The van der Waals surface area contributed by atoms with Crippen molar-refractivity contribution >= 4 is 11.9 Å². The molecule has 5 nitrogen and oxygen atoms in total. The lowest BCUT2D eigenvalue weighted by atomic mass is 9.76. The van der Waals surface area contributed by atoms with Gasteiger partial charge in [-0.2, -0.15) is 0 Å². The van der Waals surface area contributed by atoms with Gasteiger partial charge >= 0.3 is 11.9 Å². The summed E-state index contributed by atoms with van der Waals surface area (Å²) in [5.41, 5.74) is 5.75. The molecule has 0 radical (unpaired) electrons. The molecular weight excluding hydrogens is 294 g/mol. The van der Waals surface area contributed by atoms with E-state index in [4.69, 9.17) is 15.2 Å². The predicted molar refractivity (Wildman–Crippen MR) is 89.6 cm³/mol. The molecular formula is C18H33NO4. The van der Waals surface area contributed by atoms with E-state index < -0.39 is 17.7 Å². The first-order chi connectivity index (χ1) is 10.4. The molecule has 4 atom stereocenters. The molecule has 1 fully saturated rings. The molecule has 1 rings (SSSR count). The number of rotatable bonds is 6. The minimum Gasteiger partial charge on any atom is -0.457 e. The molecule has 0 aromatic rings. The van der Waals surface area contributed by atoms with Crippen LogP contribution >= 0.6 is 0 Å². The minimum absolute atomic E-state index is 0.0741. The van der Waals surface area contributed by atoms with Gasteiger partial charge in [-0.15, -0.1) is 0 Å². The van der Waals surface area contributed by atoms with Crippen LogP contribution in [0.4, 0.5) is 0 Å². The van der Waals surface area contributed by atoms with E-state index >= 15 is 0 Å². The number of carbonyl (C=O) groups is 2. The largest absolute Gasteiger partial charge is 0.457 e. The Morgan fingerprint density at radius 1 is 1.22 bits per heavy atom. The van der Waals surface area contributed by atoms with E-state index in [1.54, 1.807) is 20.8 Å². The SMILES string of the molecule is CC(C)CCC(N)C1C(C(=O)OC(C)(C)C)OC(=O)C1C(C)C. The van der Waals surface area contributed by atoms with Crippen molar-refractivity contribution in [3.05, 3.63) is 0 Å². The zero-order valence-electron chi connectivity index (χ0n) is 15.6. The maximum absolute atomic E-state index is 12.5. The highest BCUT2D eigenvalue weighted by Crippen LogP contribution is 2.38. The Morgan fingerprint density at radius 2 is 1.78 bits per heavy atom. The quantitative estimate of drug-likeness (QED) is 0.759. The molecule has 2 N–H and O–H groups in total. The third-order valence-corrected chi connectivity index (χ3v) is 4.21. The number of hydrogen-bond acceptors (Lipinski definition) is 5. The molecule has 0 aromatic carbocycles. The minimum atomic E-state index is -0.892. The molecule has 1 saturated heterocycles. The van der Waals surface area contributed by atoms with Crippen LogP contribution in [-0.2, 0) is 19.1 Å². The Balaban J connectivity index is 2.98. The van der Waals surface area contributed by atoms with Crippen LogP contribution < -0.4 is 5.73 Å². The van der Waals surface area contributed by atoms with Crippen LogP contribution in [0.2, 0.25) is 0 Å². The van der Waals surface area contributed by atoms with Crippen molar-refractivity contribution in [2.45, 2.75) is 79.1 Å². The number of cyclic esters (lactones) is 1. The van der Waals surface area contributed by atoms with E-state index in [9.17, 15) is 9.59 Å². The standard InChI is InChI=1S/C18H33NO4/c1-10(2)8-9-12(19)14-13(11(3)4)16(20)22-15(14)17(21)23-18(5,6)7/h10-15H,8-9,19H2,1-7H3. The van der Waals surface area contributed by atoms with Gasteiger partial charge in [0.15, 0.2) is 0 Å². The van der Waals surface area contributed by atoms with Crippen LogP contribution in [0.25, 0.3) is 0 Å². The maximum Gasteiger partial charge on any atom is 0.348 e. The average molecular weight is 327 g/mol. The third-order valence-electron chi connectivity index (χ3n) is 4.21. The normalized spacial score (nSPS) is 26.5. The van der Waals surface area contributed by atoms with Crippen molar-refractivity contribution in [2.24, 2.45) is 29.4 Å². The van der Waals surface area contributed by atoms with Crippen LogP contribution in [0.5, 0.6) is 0 Å². The molecule has 5 heteroatoms. The Morgan fingerprint density at radius 3 is 2.22 bits per heavy atom. The van der Waals surface area contributed by atoms with Gasteiger partial charge in [-0.1, -0.05) is 27.7 Å². The van der Waals surface area contributed by atoms with Crippen molar-refractivity contribution in [3.63, 3.8) is 0 Å². The van der Waals surface area contributed by atoms with Gasteiger partial charge in [-0.05, 0) is 45.4 Å². The second kappa shape index (κ2) is 7.65. The lowest BCUT2D eigenvalue weighted by Crippen LogP contribution is -2.45.